The van der Waals surface area contributed by atoms with Crippen LogP contribution in [-0.4, -0.2) is 57.4 Å². The van der Waals surface area contributed by atoms with E-state index in [-0.39, 0.29) is 0 Å². The lowest BCUT2D eigenvalue weighted by Gasteiger charge is -2.26. The fourth-order valence-electron chi connectivity index (χ4n) is 1.94. The average Bonchev–Trinajstić information content (AvgIpc) is 2.45. The third kappa shape index (κ3) is 5.04. The lowest BCUT2D eigenvalue weighted by atomic mass is 10.3. The van der Waals surface area contributed by atoms with Gasteiger partial charge in [-0.3, -0.25) is 4.90 Å². The highest BCUT2D eigenvalue weighted by atomic mass is 16.5. The Balaban J connectivity index is 1.46. The Morgan fingerprint density at radius 2 is 1.89 bits per heavy atom. The van der Waals surface area contributed by atoms with Crippen LogP contribution in [0.25, 0.3) is 0 Å². The SMILES string of the molecule is c1ccc(OCCNCCN2CCOCC2)cc1. The van der Waals surface area contributed by atoms with Gasteiger partial charge >= 0.3 is 0 Å². The molecule has 0 aliphatic carbocycles. The second-order valence-corrected chi connectivity index (χ2v) is 4.37. The Labute approximate surface area is 109 Å². The molecule has 18 heavy (non-hydrogen) atoms. The molecule has 0 unspecified atom stereocenters. The number of nitrogens with one attached hydrogen (secondary N) is 1. The molecule has 0 amide bonds. The minimum absolute atomic E-state index is 0.715. The topological polar surface area (TPSA) is 33.7 Å². The van der Waals surface area contributed by atoms with Crippen molar-refractivity contribution >= 4 is 0 Å². The number of hydrogen-bond acceptors (Lipinski definition) is 4. The number of ether oxygens (including phenoxy) is 2. The van der Waals surface area contributed by atoms with E-state index in [2.05, 4.69) is 10.2 Å². The van der Waals surface area contributed by atoms with Gasteiger partial charge in [0.15, 0.2) is 0 Å². The van der Waals surface area contributed by atoms with E-state index in [9.17, 15) is 0 Å². The zero-order chi connectivity index (χ0) is 12.5. The summed E-state index contributed by atoms with van der Waals surface area (Å²) in [5.74, 6) is 0.937. The first-order valence-electron chi connectivity index (χ1n) is 6.64. The van der Waals surface area contributed by atoms with Crippen molar-refractivity contribution in [2.24, 2.45) is 0 Å². The highest BCUT2D eigenvalue weighted by molar-refractivity contribution is 5.20. The van der Waals surface area contributed by atoms with Gasteiger partial charge in [0, 0.05) is 32.7 Å². The van der Waals surface area contributed by atoms with Crippen LogP contribution >= 0.6 is 0 Å². The lowest BCUT2D eigenvalue weighted by molar-refractivity contribution is 0.0383. The molecule has 4 heteroatoms. The van der Waals surface area contributed by atoms with E-state index in [1.807, 2.05) is 30.3 Å². The van der Waals surface area contributed by atoms with Gasteiger partial charge in [-0.2, -0.15) is 0 Å². The molecule has 0 spiro atoms. The van der Waals surface area contributed by atoms with Crippen molar-refractivity contribution < 1.29 is 9.47 Å². The number of morpholine rings is 1. The summed E-state index contributed by atoms with van der Waals surface area (Å²) in [6, 6.07) is 9.93. The zero-order valence-electron chi connectivity index (χ0n) is 10.8. The van der Waals surface area contributed by atoms with E-state index >= 15 is 0 Å². The molecule has 1 aromatic carbocycles. The molecule has 1 N–H and O–H groups in total. The second kappa shape index (κ2) is 8.08. The van der Waals surface area contributed by atoms with Crippen LogP contribution in [0.2, 0.25) is 0 Å². The molecule has 1 aliphatic heterocycles. The number of rotatable bonds is 7. The molecule has 0 atom stereocenters. The van der Waals surface area contributed by atoms with Crippen molar-refractivity contribution in [3.05, 3.63) is 30.3 Å². The molecule has 1 heterocycles. The van der Waals surface area contributed by atoms with Crippen LogP contribution in [0, 0.1) is 0 Å². The Bertz CT molecular complexity index is 313. The third-order valence-electron chi connectivity index (χ3n) is 3.00. The highest BCUT2D eigenvalue weighted by Gasteiger charge is 2.08. The van der Waals surface area contributed by atoms with E-state index in [0.29, 0.717) is 6.61 Å². The molecule has 1 saturated heterocycles. The molecule has 0 bridgehead atoms. The van der Waals surface area contributed by atoms with Crippen molar-refractivity contribution in [3.8, 4) is 5.75 Å². The van der Waals surface area contributed by atoms with Crippen LogP contribution < -0.4 is 10.1 Å². The first-order valence-corrected chi connectivity index (χ1v) is 6.64. The summed E-state index contributed by atoms with van der Waals surface area (Å²) in [5.41, 5.74) is 0. The number of para-hydroxylation sites is 1. The smallest absolute Gasteiger partial charge is 0.119 e. The van der Waals surface area contributed by atoms with Crippen molar-refractivity contribution in [1.29, 1.82) is 0 Å². The van der Waals surface area contributed by atoms with Gasteiger partial charge in [-0.25, -0.2) is 0 Å². The first-order chi connectivity index (χ1) is 8.95. The van der Waals surface area contributed by atoms with Gasteiger partial charge in [-0.15, -0.1) is 0 Å². The molecule has 100 valence electrons. The summed E-state index contributed by atoms with van der Waals surface area (Å²) >= 11 is 0. The third-order valence-corrected chi connectivity index (χ3v) is 3.00. The van der Waals surface area contributed by atoms with Crippen LogP contribution in [0.4, 0.5) is 0 Å². The monoisotopic (exact) mass is 250 g/mol. The van der Waals surface area contributed by atoms with Crippen molar-refractivity contribution in [3.63, 3.8) is 0 Å². The number of nitrogens with zero attached hydrogens (tertiary/aromatic N) is 1. The maximum Gasteiger partial charge on any atom is 0.119 e. The van der Waals surface area contributed by atoms with Gasteiger partial charge < -0.3 is 14.8 Å². The molecule has 0 radical (unpaired) electrons. The zero-order valence-corrected chi connectivity index (χ0v) is 10.8. The fourth-order valence-corrected chi connectivity index (χ4v) is 1.94. The summed E-state index contributed by atoms with van der Waals surface area (Å²) in [6.45, 7) is 7.57. The average molecular weight is 250 g/mol. The van der Waals surface area contributed by atoms with Gasteiger partial charge in [0.1, 0.15) is 12.4 Å². The number of hydrogen-bond donors (Lipinski definition) is 1. The molecule has 1 aliphatic rings. The Morgan fingerprint density at radius 1 is 1.11 bits per heavy atom. The summed E-state index contributed by atoms with van der Waals surface area (Å²) < 4.78 is 10.9. The van der Waals surface area contributed by atoms with Gasteiger partial charge in [0.25, 0.3) is 0 Å². The van der Waals surface area contributed by atoms with E-state index < -0.39 is 0 Å². The molecular formula is C14H22N2O2. The van der Waals surface area contributed by atoms with E-state index in [1.54, 1.807) is 0 Å². The maximum absolute atomic E-state index is 5.60. The molecule has 0 aromatic heterocycles. The lowest BCUT2D eigenvalue weighted by Crippen LogP contribution is -2.40. The maximum atomic E-state index is 5.60. The molecular weight excluding hydrogens is 228 g/mol. The fraction of sp³-hybridized carbons (Fsp3) is 0.571. The number of benzene rings is 1. The van der Waals surface area contributed by atoms with Crippen LogP contribution in [0.3, 0.4) is 0 Å². The second-order valence-electron chi connectivity index (χ2n) is 4.37. The largest absolute Gasteiger partial charge is 0.492 e. The highest BCUT2D eigenvalue weighted by Crippen LogP contribution is 2.07. The van der Waals surface area contributed by atoms with Crippen LogP contribution in [0.5, 0.6) is 5.75 Å². The summed E-state index contributed by atoms with van der Waals surface area (Å²) in [4.78, 5) is 2.43. The summed E-state index contributed by atoms with van der Waals surface area (Å²) in [7, 11) is 0. The normalized spacial score (nSPS) is 16.7. The van der Waals surface area contributed by atoms with Gasteiger partial charge in [0.2, 0.25) is 0 Å². The summed E-state index contributed by atoms with van der Waals surface area (Å²) in [6.07, 6.45) is 0. The Hall–Kier alpha value is -1.10. The molecule has 0 saturated carbocycles. The van der Waals surface area contributed by atoms with Gasteiger partial charge in [-0.05, 0) is 12.1 Å². The van der Waals surface area contributed by atoms with Gasteiger partial charge in [0.05, 0.1) is 13.2 Å². The quantitative estimate of drug-likeness (QED) is 0.732. The minimum Gasteiger partial charge on any atom is -0.492 e. The van der Waals surface area contributed by atoms with E-state index in [1.165, 1.54) is 0 Å². The predicted molar refractivity (Wildman–Crippen MR) is 72.1 cm³/mol. The van der Waals surface area contributed by atoms with Crippen molar-refractivity contribution in [2.75, 3.05) is 52.5 Å². The molecule has 1 aromatic rings. The van der Waals surface area contributed by atoms with Crippen LogP contribution in [0.15, 0.2) is 30.3 Å². The predicted octanol–water partition coefficient (Wildman–Crippen LogP) is 0.987. The minimum atomic E-state index is 0.715. The van der Waals surface area contributed by atoms with E-state index in [0.717, 1.165) is 51.7 Å². The van der Waals surface area contributed by atoms with Crippen molar-refractivity contribution in [1.82, 2.24) is 10.2 Å². The van der Waals surface area contributed by atoms with Gasteiger partial charge in [-0.1, -0.05) is 18.2 Å². The standard InChI is InChI=1S/C14H22N2O2/c1-2-4-14(5-3-1)18-11-7-15-6-8-16-9-12-17-13-10-16/h1-5,15H,6-13H2. The van der Waals surface area contributed by atoms with Crippen LogP contribution in [-0.2, 0) is 4.74 Å². The van der Waals surface area contributed by atoms with E-state index in [4.69, 9.17) is 9.47 Å². The molecule has 1 fully saturated rings. The molecule has 2 rings (SSSR count). The Kier molecular flexibility index (Phi) is 5.99. The summed E-state index contributed by atoms with van der Waals surface area (Å²) in [5, 5.41) is 3.40. The molecule has 4 nitrogen and oxygen atoms in total. The Morgan fingerprint density at radius 3 is 2.67 bits per heavy atom. The first kappa shape index (κ1) is 13.3. The van der Waals surface area contributed by atoms with Crippen LogP contribution in [0.1, 0.15) is 0 Å². The van der Waals surface area contributed by atoms with Crippen molar-refractivity contribution in [2.45, 2.75) is 0 Å².